The van der Waals surface area contributed by atoms with Gasteiger partial charge in [-0.1, -0.05) is 6.07 Å². The molecule has 0 atom stereocenters. The molecule has 1 heterocycles. The van der Waals surface area contributed by atoms with E-state index in [2.05, 4.69) is 10.3 Å². The Balaban J connectivity index is 2.80. The largest absolute Gasteiger partial charge is 0.318 e. The van der Waals surface area contributed by atoms with Crippen LogP contribution in [0, 0.1) is 6.92 Å². The fraction of sp³-hybridized carbons (Fsp3) is 0.400. The smallest absolute Gasteiger partial charge is 0.245 e. The first kappa shape index (κ1) is 10.7. The summed E-state index contributed by atoms with van der Waals surface area (Å²) in [6.45, 7) is 5.19. The van der Waals surface area contributed by atoms with Crippen molar-refractivity contribution in [3.63, 3.8) is 0 Å². The number of nitrogens with zero attached hydrogens (tertiary/aromatic N) is 1. The number of amides is 1. The lowest BCUT2D eigenvalue weighted by molar-refractivity contribution is -0.120. The number of aryl methyl sites for hydroxylation is 1. The molecule has 1 aromatic heterocycles. The Morgan fingerprint density at radius 1 is 1.57 bits per heavy atom. The van der Waals surface area contributed by atoms with E-state index in [4.69, 9.17) is 5.73 Å². The minimum Gasteiger partial charge on any atom is -0.318 e. The van der Waals surface area contributed by atoms with Crippen LogP contribution in [0.2, 0.25) is 0 Å². The van der Waals surface area contributed by atoms with Gasteiger partial charge in [-0.25, -0.2) is 4.98 Å². The van der Waals surface area contributed by atoms with Gasteiger partial charge >= 0.3 is 0 Å². The van der Waals surface area contributed by atoms with Crippen LogP contribution in [0.1, 0.15) is 19.4 Å². The Morgan fingerprint density at radius 2 is 2.21 bits per heavy atom. The van der Waals surface area contributed by atoms with E-state index < -0.39 is 5.54 Å². The molecule has 14 heavy (non-hydrogen) atoms. The van der Waals surface area contributed by atoms with E-state index in [1.807, 2.05) is 19.1 Å². The van der Waals surface area contributed by atoms with E-state index in [1.165, 1.54) is 0 Å². The summed E-state index contributed by atoms with van der Waals surface area (Å²) in [6, 6.07) is 3.70. The van der Waals surface area contributed by atoms with Crippen LogP contribution in [0.15, 0.2) is 18.3 Å². The summed E-state index contributed by atoms with van der Waals surface area (Å²) in [5.41, 5.74) is 5.67. The maximum atomic E-state index is 11.5. The number of hydrogen-bond acceptors (Lipinski definition) is 3. The summed E-state index contributed by atoms with van der Waals surface area (Å²) in [4.78, 5) is 15.6. The van der Waals surface area contributed by atoms with Gasteiger partial charge in [-0.15, -0.1) is 0 Å². The first-order valence-electron chi connectivity index (χ1n) is 4.43. The number of nitrogens with two attached hydrogens (primary N) is 1. The van der Waals surface area contributed by atoms with Crippen LogP contribution in [0.25, 0.3) is 0 Å². The summed E-state index contributed by atoms with van der Waals surface area (Å²) >= 11 is 0. The molecule has 4 nitrogen and oxygen atoms in total. The van der Waals surface area contributed by atoms with Crippen molar-refractivity contribution >= 4 is 11.7 Å². The summed E-state index contributed by atoms with van der Waals surface area (Å²) in [5.74, 6) is 0.329. The number of anilines is 1. The summed E-state index contributed by atoms with van der Waals surface area (Å²) < 4.78 is 0. The molecule has 0 aliphatic rings. The van der Waals surface area contributed by atoms with Crippen LogP contribution in [0.3, 0.4) is 0 Å². The van der Waals surface area contributed by atoms with E-state index in [9.17, 15) is 4.79 Å². The third kappa shape index (κ3) is 2.53. The highest BCUT2D eigenvalue weighted by atomic mass is 16.2. The highest BCUT2D eigenvalue weighted by Gasteiger charge is 2.22. The Hall–Kier alpha value is -1.42. The second kappa shape index (κ2) is 3.75. The zero-order valence-corrected chi connectivity index (χ0v) is 8.66. The number of rotatable bonds is 2. The topological polar surface area (TPSA) is 68.0 Å². The molecule has 0 aliphatic heterocycles. The average Bonchev–Trinajstić information content (AvgIpc) is 2.07. The van der Waals surface area contributed by atoms with Gasteiger partial charge in [0.1, 0.15) is 5.82 Å². The van der Waals surface area contributed by atoms with Crippen molar-refractivity contribution < 1.29 is 4.79 Å². The number of carbonyl (C=O) groups is 1. The molecule has 0 aromatic carbocycles. The Bertz CT molecular complexity index is 341. The second-order valence-corrected chi connectivity index (χ2v) is 3.84. The molecular formula is C10H15N3O. The van der Waals surface area contributed by atoms with E-state index in [1.54, 1.807) is 20.0 Å². The van der Waals surface area contributed by atoms with Crippen molar-refractivity contribution in [2.75, 3.05) is 5.32 Å². The summed E-state index contributed by atoms with van der Waals surface area (Å²) in [5, 5.41) is 2.68. The van der Waals surface area contributed by atoms with Gasteiger partial charge in [0.15, 0.2) is 0 Å². The van der Waals surface area contributed by atoms with Crippen LogP contribution >= 0.6 is 0 Å². The van der Waals surface area contributed by atoms with Crippen LogP contribution in [-0.2, 0) is 4.79 Å². The fourth-order valence-corrected chi connectivity index (χ4v) is 0.885. The molecule has 3 N–H and O–H groups in total. The lowest BCUT2D eigenvalue weighted by atomic mass is 10.1. The lowest BCUT2D eigenvalue weighted by Gasteiger charge is -2.17. The quantitative estimate of drug-likeness (QED) is 0.738. The highest BCUT2D eigenvalue weighted by Crippen LogP contribution is 2.11. The maximum Gasteiger partial charge on any atom is 0.245 e. The number of nitrogens with one attached hydrogen (secondary N) is 1. The fourth-order valence-electron chi connectivity index (χ4n) is 0.885. The molecule has 0 bridgehead atoms. The summed E-state index contributed by atoms with van der Waals surface area (Å²) in [7, 11) is 0. The zero-order valence-electron chi connectivity index (χ0n) is 8.66. The van der Waals surface area contributed by atoms with Crippen molar-refractivity contribution in [3.8, 4) is 0 Å². The summed E-state index contributed by atoms with van der Waals surface area (Å²) in [6.07, 6.45) is 1.63. The monoisotopic (exact) mass is 193 g/mol. The normalized spacial score (nSPS) is 11.1. The Morgan fingerprint density at radius 3 is 2.71 bits per heavy atom. The third-order valence-corrected chi connectivity index (χ3v) is 1.83. The van der Waals surface area contributed by atoms with Crippen LogP contribution < -0.4 is 11.1 Å². The van der Waals surface area contributed by atoms with Gasteiger partial charge in [0, 0.05) is 6.20 Å². The molecule has 0 saturated carbocycles. The van der Waals surface area contributed by atoms with Crippen LogP contribution in [0.5, 0.6) is 0 Å². The molecule has 1 amide bonds. The molecule has 1 rings (SSSR count). The van der Waals surface area contributed by atoms with Crippen LogP contribution in [0.4, 0.5) is 5.82 Å². The zero-order chi connectivity index (χ0) is 10.8. The van der Waals surface area contributed by atoms with Gasteiger partial charge in [0.2, 0.25) is 5.91 Å². The number of pyridine rings is 1. The minimum atomic E-state index is -0.885. The van der Waals surface area contributed by atoms with Crippen molar-refractivity contribution in [3.05, 3.63) is 23.9 Å². The number of carbonyl (C=O) groups excluding carboxylic acids is 1. The van der Waals surface area contributed by atoms with Gasteiger partial charge in [-0.05, 0) is 32.4 Å². The molecule has 1 aromatic rings. The molecule has 0 fully saturated rings. The minimum absolute atomic E-state index is 0.237. The Kier molecular flexibility index (Phi) is 2.86. The SMILES string of the molecule is Cc1cccnc1NC(=O)C(C)(C)N. The Labute approximate surface area is 83.5 Å². The first-order valence-corrected chi connectivity index (χ1v) is 4.43. The second-order valence-electron chi connectivity index (χ2n) is 3.84. The molecule has 0 radical (unpaired) electrons. The molecule has 4 heteroatoms. The predicted octanol–water partition coefficient (Wildman–Crippen LogP) is 1.07. The predicted molar refractivity (Wildman–Crippen MR) is 55.9 cm³/mol. The molecule has 0 saturated heterocycles. The third-order valence-electron chi connectivity index (χ3n) is 1.83. The van der Waals surface area contributed by atoms with Gasteiger partial charge in [-0.2, -0.15) is 0 Å². The highest BCUT2D eigenvalue weighted by molar-refractivity contribution is 5.97. The van der Waals surface area contributed by atoms with Gasteiger partial charge < -0.3 is 11.1 Å². The van der Waals surface area contributed by atoms with Crippen LogP contribution in [-0.4, -0.2) is 16.4 Å². The molecule has 0 aliphatic carbocycles. The standard InChI is InChI=1S/C10H15N3O/c1-7-5-4-6-12-8(7)13-9(14)10(2,3)11/h4-6H,11H2,1-3H3,(H,12,13,14). The van der Waals surface area contributed by atoms with Gasteiger partial charge in [0.05, 0.1) is 5.54 Å². The van der Waals surface area contributed by atoms with E-state index >= 15 is 0 Å². The maximum absolute atomic E-state index is 11.5. The van der Waals surface area contributed by atoms with Gasteiger partial charge in [0.25, 0.3) is 0 Å². The first-order chi connectivity index (χ1) is 6.41. The van der Waals surface area contributed by atoms with Crippen molar-refractivity contribution in [2.24, 2.45) is 5.73 Å². The molecular weight excluding hydrogens is 178 g/mol. The lowest BCUT2D eigenvalue weighted by Crippen LogP contribution is -2.45. The van der Waals surface area contributed by atoms with Crippen molar-refractivity contribution in [1.82, 2.24) is 4.98 Å². The average molecular weight is 193 g/mol. The molecule has 0 spiro atoms. The number of hydrogen-bond donors (Lipinski definition) is 2. The van der Waals surface area contributed by atoms with E-state index in [-0.39, 0.29) is 5.91 Å². The van der Waals surface area contributed by atoms with Crippen molar-refractivity contribution in [1.29, 1.82) is 0 Å². The number of aromatic nitrogens is 1. The molecule has 76 valence electrons. The molecule has 0 unspecified atom stereocenters. The van der Waals surface area contributed by atoms with Gasteiger partial charge in [-0.3, -0.25) is 4.79 Å². The van der Waals surface area contributed by atoms with E-state index in [0.29, 0.717) is 5.82 Å². The van der Waals surface area contributed by atoms with Crippen molar-refractivity contribution in [2.45, 2.75) is 26.3 Å². The van der Waals surface area contributed by atoms with E-state index in [0.717, 1.165) is 5.56 Å².